The first-order valence-electron chi connectivity index (χ1n) is 5.49. The van der Waals surface area contributed by atoms with Gasteiger partial charge in [-0.15, -0.1) is 0 Å². The predicted octanol–water partition coefficient (Wildman–Crippen LogP) is 3.29. The van der Waals surface area contributed by atoms with Crippen LogP contribution in [0, 0.1) is 0 Å². The number of hydrogen-bond donors (Lipinski definition) is 0. The number of halogens is 1. The van der Waals surface area contributed by atoms with Crippen LogP contribution in [0.25, 0.3) is 0 Å². The highest BCUT2D eigenvalue weighted by atomic mass is 79.9. The second kappa shape index (κ2) is 6.20. The Bertz CT molecular complexity index is 539. The quantitative estimate of drug-likeness (QED) is 0.481. The third-order valence-corrected chi connectivity index (χ3v) is 4.07. The van der Waals surface area contributed by atoms with Crippen LogP contribution in [0.3, 0.4) is 0 Å². The molecule has 0 aliphatic rings. The Labute approximate surface area is 119 Å². The second-order valence-electron chi connectivity index (χ2n) is 3.84. The molecule has 0 spiro atoms. The molecule has 0 saturated carbocycles. The van der Waals surface area contributed by atoms with Crippen LogP contribution in [-0.2, 0) is 12.8 Å². The largest absolute Gasteiger partial charge is 0.330 e. The van der Waals surface area contributed by atoms with Gasteiger partial charge in [-0.25, -0.2) is 4.98 Å². The number of thioether (sulfide) groups is 1. The zero-order valence-electron chi connectivity index (χ0n) is 9.97. The first-order chi connectivity index (χ1) is 8.72. The molecule has 2 rings (SSSR count). The van der Waals surface area contributed by atoms with E-state index in [0.717, 1.165) is 10.8 Å². The van der Waals surface area contributed by atoms with E-state index in [-0.39, 0.29) is 5.78 Å². The van der Waals surface area contributed by atoms with E-state index in [1.54, 1.807) is 22.7 Å². The normalized spacial score (nSPS) is 10.6. The Balaban J connectivity index is 2.13. The van der Waals surface area contributed by atoms with E-state index in [1.165, 1.54) is 5.56 Å². The van der Waals surface area contributed by atoms with Crippen LogP contribution in [0.4, 0.5) is 0 Å². The second-order valence-corrected chi connectivity index (χ2v) is 5.37. The summed E-state index contributed by atoms with van der Waals surface area (Å²) in [5.41, 5.74) is 1.90. The van der Waals surface area contributed by atoms with E-state index in [1.807, 2.05) is 25.2 Å². The zero-order valence-corrected chi connectivity index (χ0v) is 12.4. The van der Waals surface area contributed by atoms with Gasteiger partial charge in [0.15, 0.2) is 5.78 Å². The van der Waals surface area contributed by atoms with Crippen molar-refractivity contribution in [1.82, 2.24) is 9.55 Å². The predicted molar refractivity (Wildman–Crippen MR) is 77.3 cm³/mol. The van der Waals surface area contributed by atoms with Crippen LogP contribution in [0.1, 0.15) is 16.1 Å². The average molecular weight is 325 g/mol. The number of ketones is 1. The summed E-state index contributed by atoms with van der Waals surface area (Å²) in [7, 11) is 1.84. The highest BCUT2D eigenvalue weighted by Crippen LogP contribution is 2.25. The molecular weight excluding hydrogens is 312 g/mol. The van der Waals surface area contributed by atoms with E-state index in [9.17, 15) is 4.79 Å². The molecule has 1 aromatic heterocycles. The SMILES string of the molecule is Cn1cnc(SCc2ccccc2)c1C(=O)CBr. The van der Waals surface area contributed by atoms with Crippen LogP contribution >= 0.6 is 27.7 Å². The summed E-state index contributed by atoms with van der Waals surface area (Å²) in [5.74, 6) is 0.881. The number of rotatable bonds is 5. The number of carbonyl (C=O) groups excluding carboxylic acids is 1. The first kappa shape index (κ1) is 13.4. The molecule has 2 aromatic rings. The van der Waals surface area contributed by atoms with Gasteiger partial charge in [0.05, 0.1) is 11.7 Å². The number of aryl methyl sites for hydroxylation is 1. The van der Waals surface area contributed by atoms with Gasteiger partial charge < -0.3 is 4.57 Å². The van der Waals surface area contributed by atoms with Crippen LogP contribution < -0.4 is 0 Å². The molecule has 94 valence electrons. The zero-order chi connectivity index (χ0) is 13.0. The summed E-state index contributed by atoms with van der Waals surface area (Å²) >= 11 is 4.79. The summed E-state index contributed by atoms with van der Waals surface area (Å²) < 4.78 is 1.77. The van der Waals surface area contributed by atoms with Gasteiger partial charge >= 0.3 is 0 Å². The fourth-order valence-corrected chi connectivity index (χ4v) is 2.90. The molecule has 3 nitrogen and oxygen atoms in total. The van der Waals surface area contributed by atoms with Gasteiger partial charge in [0, 0.05) is 12.8 Å². The first-order valence-corrected chi connectivity index (χ1v) is 7.60. The molecule has 0 aliphatic carbocycles. The van der Waals surface area contributed by atoms with Crippen LogP contribution in [0.15, 0.2) is 41.7 Å². The van der Waals surface area contributed by atoms with Gasteiger partial charge in [-0.1, -0.05) is 58.0 Å². The van der Waals surface area contributed by atoms with Crippen molar-refractivity contribution >= 4 is 33.5 Å². The highest BCUT2D eigenvalue weighted by Gasteiger charge is 2.16. The molecule has 0 aliphatic heterocycles. The minimum absolute atomic E-state index is 0.0607. The van der Waals surface area contributed by atoms with Crippen LogP contribution in [0.2, 0.25) is 0 Å². The molecule has 0 bridgehead atoms. The maximum absolute atomic E-state index is 11.8. The Morgan fingerprint density at radius 2 is 2.11 bits per heavy atom. The molecule has 5 heteroatoms. The third kappa shape index (κ3) is 3.03. The van der Waals surface area contributed by atoms with Crippen LogP contribution in [-0.4, -0.2) is 20.7 Å². The van der Waals surface area contributed by atoms with Crippen LogP contribution in [0.5, 0.6) is 0 Å². The topological polar surface area (TPSA) is 34.9 Å². The summed E-state index contributed by atoms with van der Waals surface area (Å²) in [6, 6.07) is 10.2. The highest BCUT2D eigenvalue weighted by molar-refractivity contribution is 9.09. The number of hydrogen-bond acceptors (Lipinski definition) is 3. The molecule has 1 aromatic carbocycles. The number of aromatic nitrogens is 2. The Morgan fingerprint density at radius 1 is 1.39 bits per heavy atom. The van der Waals surface area contributed by atoms with Crippen molar-refractivity contribution in [3.63, 3.8) is 0 Å². The fourth-order valence-electron chi connectivity index (χ4n) is 1.62. The molecule has 0 unspecified atom stereocenters. The summed E-state index contributed by atoms with van der Waals surface area (Å²) in [6.45, 7) is 0. The van der Waals surface area contributed by atoms with Gasteiger partial charge in [-0.3, -0.25) is 4.79 Å². The van der Waals surface area contributed by atoms with Crippen molar-refractivity contribution in [2.75, 3.05) is 5.33 Å². The number of nitrogens with zero attached hydrogens (tertiary/aromatic N) is 2. The van der Waals surface area contributed by atoms with Crippen molar-refractivity contribution < 1.29 is 4.79 Å². The smallest absolute Gasteiger partial charge is 0.192 e. The Kier molecular flexibility index (Phi) is 4.60. The molecule has 18 heavy (non-hydrogen) atoms. The third-order valence-electron chi connectivity index (χ3n) is 2.51. The van der Waals surface area contributed by atoms with E-state index < -0.39 is 0 Å². The molecule has 0 radical (unpaired) electrons. The molecular formula is C13H13BrN2OS. The lowest BCUT2D eigenvalue weighted by molar-refractivity contribution is 0.101. The average Bonchev–Trinajstić information content (AvgIpc) is 2.78. The number of imidazole rings is 1. The molecule has 0 saturated heterocycles. The lowest BCUT2D eigenvalue weighted by atomic mass is 10.2. The molecule has 0 N–H and O–H groups in total. The number of alkyl halides is 1. The monoisotopic (exact) mass is 324 g/mol. The fraction of sp³-hybridized carbons (Fsp3) is 0.231. The Hall–Kier alpha value is -1.07. The maximum atomic E-state index is 11.8. The molecule has 1 heterocycles. The number of carbonyl (C=O) groups is 1. The van der Waals surface area contributed by atoms with Crippen molar-refractivity contribution in [3.8, 4) is 0 Å². The molecule has 0 amide bonds. The van der Waals surface area contributed by atoms with Crippen molar-refractivity contribution in [2.45, 2.75) is 10.8 Å². The summed E-state index contributed by atoms with van der Waals surface area (Å²) in [5, 5.41) is 1.12. The van der Waals surface area contributed by atoms with E-state index in [0.29, 0.717) is 11.0 Å². The van der Waals surface area contributed by atoms with Crippen molar-refractivity contribution in [2.24, 2.45) is 7.05 Å². The van der Waals surface area contributed by atoms with Gasteiger partial charge in [-0.2, -0.15) is 0 Å². The van der Waals surface area contributed by atoms with E-state index in [4.69, 9.17) is 0 Å². The van der Waals surface area contributed by atoms with Gasteiger partial charge in [-0.05, 0) is 5.56 Å². The summed E-state index contributed by atoms with van der Waals surface area (Å²) in [6.07, 6.45) is 1.68. The standard InChI is InChI=1S/C13H13BrN2OS/c1-16-9-15-13(12(16)11(17)7-14)18-8-10-5-3-2-4-6-10/h2-6,9H,7-8H2,1H3. The molecule has 0 fully saturated rings. The van der Waals surface area contributed by atoms with E-state index >= 15 is 0 Å². The maximum Gasteiger partial charge on any atom is 0.192 e. The molecule has 0 atom stereocenters. The van der Waals surface area contributed by atoms with Crippen molar-refractivity contribution in [3.05, 3.63) is 47.9 Å². The number of benzene rings is 1. The number of Topliss-reactive ketones (excluding diaryl/α,β-unsaturated/α-hetero) is 1. The van der Waals surface area contributed by atoms with Gasteiger partial charge in [0.25, 0.3) is 0 Å². The Morgan fingerprint density at radius 3 is 2.78 bits per heavy atom. The minimum atomic E-state index is 0.0607. The van der Waals surface area contributed by atoms with Gasteiger partial charge in [0.2, 0.25) is 0 Å². The van der Waals surface area contributed by atoms with Crippen molar-refractivity contribution in [1.29, 1.82) is 0 Å². The lowest BCUT2D eigenvalue weighted by Crippen LogP contribution is -2.07. The minimum Gasteiger partial charge on any atom is -0.330 e. The van der Waals surface area contributed by atoms with E-state index in [2.05, 4.69) is 33.0 Å². The lowest BCUT2D eigenvalue weighted by Gasteiger charge is -2.03. The summed E-state index contributed by atoms with van der Waals surface area (Å²) in [4.78, 5) is 16.1. The van der Waals surface area contributed by atoms with Gasteiger partial charge in [0.1, 0.15) is 10.7 Å².